The minimum atomic E-state index is -1.19. The highest BCUT2D eigenvalue weighted by Gasteiger charge is 2.43. The number of benzene rings is 1. The zero-order valence-corrected chi connectivity index (χ0v) is 23.3. The van der Waals surface area contributed by atoms with E-state index in [2.05, 4.69) is 52.6 Å². The Hall–Kier alpha value is -1.42. The third-order valence-electron chi connectivity index (χ3n) is 5.71. The summed E-state index contributed by atoms with van der Waals surface area (Å²) in [6, 6.07) is 8.88. The lowest BCUT2D eigenvalue weighted by Crippen LogP contribution is -2.48. The quantitative estimate of drug-likeness (QED) is 0.394. The van der Waals surface area contributed by atoms with E-state index >= 15 is 0 Å². The van der Waals surface area contributed by atoms with Crippen molar-refractivity contribution in [3.63, 3.8) is 0 Å². The fourth-order valence-electron chi connectivity index (χ4n) is 4.00. The standard InChI is InChI=1S/C24H38BrN3O4Si/c1-24(2,3)32-23(30)28-14-19(29)13-21(28)22-26-20(17-7-9-18(25)10-8-17)15-27(22)16-31-11-12-33(4,5)6/h7-10,19-21,29H,11-16H2,1-6H3/t19-,20?,21-/m0/s1. The molecule has 1 N–H and O–H groups in total. The van der Waals surface area contributed by atoms with Crippen molar-refractivity contribution in [3.8, 4) is 0 Å². The molecule has 1 aromatic carbocycles. The number of aliphatic imine (C=N–C) groups is 1. The molecule has 33 heavy (non-hydrogen) atoms. The summed E-state index contributed by atoms with van der Waals surface area (Å²) in [5, 5.41) is 10.4. The molecule has 1 unspecified atom stereocenters. The lowest BCUT2D eigenvalue weighted by molar-refractivity contribution is 0.0228. The molecule has 1 saturated heterocycles. The number of aliphatic hydroxyl groups excluding tert-OH is 1. The molecule has 9 heteroatoms. The van der Waals surface area contributed by atoms with E-state index in [9.17, 15) is 9.90 Å². The van der Waals surface area contributed by atoms with Crippen LogP contribution in [0, 0.1) is 0 Å². The van der Waals surface area contributed by atoms with Gasteiger partial charge in [-0.25, -0.2) is 4.79 Å². The molecule has 1 amide bonds. The number of rotatable bonds is 7. The number of amidine groups is 1. The van der Waals surface area contributed by atoms with E-state index in [1.165, 1.54) is 0 Å². The lowest BCUT2D eigenvalue weighted by Gasteiger charge is -2.31. The van der Waals surface area contributed by atoms with Gasteiger partial charge in [-0.3, -0.25) is 9.89 Å². The summed E-state index contributed by atoms with van der Waals surface area (Å²) >= 11 is 3.50. The predicted molar refractivity (Wildman–Crippen MR) is 137 cm³/mol. The number of amides is 1. The maximum absolute atomic E-state index is 12.9. The summed E-state index contributed by atoms with van der Waals surface area (Å²) in [6.07, 6.45) is -0.582. The van der Waals surface area contributed by atoms with Crippen molar-refractivity contribution in [2.75, 3.05) is 26.4 Å². The van der Waals surface area contributed by atoms with Crippen LogP contribution in [0.5, 0.6) is 0 Å². The van der Waals surface area contributed by atoms with Gasteiger partial charge in [-0.2, -0.15) is 0 Å². The number of nitrogens with zero attached hydrogens (tertiary/aromatic N) is 3. The van der Waals surface area contributed by atoms with Crippen LogP contribution >= 0.6 is 15.9 Å². The molecule has 0 aliphatic carbocycles. The van der Waals surface area contributed by atoms with Gasteiger partial charge in [0, 0.05) is 32.1 Å². The van der Waals surface area contributed by atoms with Crippen LogP contribution in [0.15, 0.2) is 33.7 Å². The van der Waals surface area contributed by atoms with E-state index in [4.69, 9.17) is 14.5 Å². The molecular weight excluding hydrogens is 502 g/mol. The number of carbonyl (C=O) groups excluding carboxylic acids is 1. The molecule has 0 saturated carbocycles. The second-order valence-electron chi connectivity index (χ2n) is 11.2. The van der Waals surface area contributed by atoms with Gasteiger partial charge in [-0.1, -0.05) is 47.7 Å². The molecule has 0 radical (unpaired) electrons. The van der Waals surface area contributed by atoms with Crippen molar-refractivity contribution in [1.29, 1.82) is 0 Å². The summed E-state index contributed by atoms with van der Waals surface area (Å²) in [6.45, 7) is 14.6. The third-order valence-corrected chi connectivity index (χ3v) is 7.94. The van der Waals surface area contributed by atoms with Crippen LogP contribution in [-0.2, 0) is 9.47 Å². The SMILES string of the molecule is CC(C)(C)OC(=O)N1C[C@@H](O)C[C@H]1C1=NC(c2ccc(Br)cc2)CN1COCC[Si](C)(C)C. The van der Waals surface area contributed by atoms with Crippen molar-refractivity contribution < 1.29 is 19.4 Å². The molecular formula is C24H38BrN3O4Si. The van der Waals surface area contributed by atoms with E-state index in [-0.39, 0.29) is 18.6 Å². The van der Waals surface area contributed by atoms with E-state index in [1.54, 1.807) is 4.90 Å². The molecule has 2 aliphatic rings. The van der Waals surface area contributed by atoms with Crippen molar-refractivity contribution in [1.82, 2.24) is 9.80 Å². The second kappa shape index (κ2) is 10.5. The first-order valence-electron chi connectivity index (χ1n) is 11.7. The Morgan fingerprint density at radius 3 is 2.48 bits per heavy atom. The van der Waals surface area contributed by atoms with E-state index < -0.39 is 25.9 Å². The maximum atomic E-state index is 12.9. The van der Waals surface area contributed by atoms with Gasteiger partial charge in [0.15, 0.2) is 0 Å². The van der Waals surface area contributed by atoms with Crippen molar-refractivity contribution >= 4 is 35.9 Å². The monoisotopic (exact) mass is 539 g/mol. The molecule has 3 rings (SSSR count). The van der Waals surface area contributed by atoms with E-state index in [0.717, 1.165) is 21.9 Å². The summed E-state index contributed by atoms with van der Waals surface area (Å²) in [5.74, 6) is 0.790. The Morgan fingerprint density at radius 2 is 1.88 bits per heavy atom. The zero-order valence-electron chi connectivity index (χ0n) is 20.7. The predicted octanol–water partition coefficient (Wildman–Crippen LogP) is 4.89. The normalized spacial score (nSPS) is 23.8. The van der Waals surface area contributed by atoms with Gasteiger partial charge in [0.2, 0.25) is 0 Å². The maximum Gasteiger partial charge on any atom is 0.411 e. The van der Waals surface area contributed by atoms with Gasteiger partial charge < -0.3 is 19.5 Å². The molecule has 0 spiro atoms. The Kier molecular flexibility index (Phi) is 8.30. The van der Waals surface area contributed by atoms with Gasteiger partial charge in [0.25, 0.3) is 0 Å². The van der Waals surface area contributed by atoms with Crippen LogP contribution in [0.1, 0.15) is 38.8 Å². The van der Waals surface area contributed by atoms with Crippen LogP contribution in [0.2, 0.25) is 25.7 Å². The van der Waals surface area contributed by atoms with Gasteiger partial charge in [0.1, 0.15) is 18.2 Å². The third kappa shape index (κ3) is 7.53. The molecule has 1 fully saturated rings. The summed E-state index contributed by atoms with van der Waals surface area (Å²) < 4.78 is 12.7. The highest BCUT2D eigenvalue weighted by atomic mass is 79.9. The van der Waals surface area contributed by atoms with Crippen molar-refractivity contribution in [2.24, 2.45) is 4.99 Å². The number of carbonyl (C=O) groups is 1. The van der Waals surface area contributed by atoms with Crippen LogP contribution in [0.3, 0.4) is 0 Å². The summed E-state index contributed by atoms with van der Waals surface area (Å²) in [5.41, 5.74) is 0.509. The lowest BCUT2D eigenvalue weighted by atomic mass is 10.1. The number of aliphatic hydroxyl groups is 1. The Morgan fingerprint density at radius 1 is 1.21 bits per heavy atom. The van der Waals surface area contributed by atoms with Crippen LogP contribution in [0.25, 0.3) is 0 Å². The van der Waals surface area contributed by atoms with Crippen molar-refractivity contribution in [3.05, 3.63) is 34.3 Å². The molecule has 1 aromatic rings. The first-order valence-corrected chi connectivity index (χ1v) is 16.2. The minimum absolute atomic E-state index is 0.0491. The van der Waals surface area contributed by atoms with Crippen molar-refractivity contribution in [2.45, 2.75) is 76.7 Å². The smallest absolute Gasteiger partial charge is 0.411 e. The average molecular weight is 541 g/mol. The van der Waals surface area contributed by atoms with Crippen LogP contribution in [-0.4, -0.2) is 79.1 Å². The highest BCUT2D eigenvalue weighted by Crippen LogP contribution is 2.32. The second-order valence-corrected chi connectivity index (χ2v) is 17.7. The first-order chi connectivity index (χ1) is 15.3. The fraction of sp³-hybridized carbons (Fsp3) is 0.667. The molecule has 2 aliphatic heterocycles. The largest absolute Gasteiger partial charge is 0.444 e. The Labute approximate surface area is 207 Å². The number of halogens is 1. The van der Waals surface area contributed by atoms with Gasteiger partial charge in [0.05, 0.1) is 24.7 Å². The minimum Gasteiger partial charge on any atom is -0.444 e. The molecule has 7 nitrogen and oxygen atoms in total. The fourth-order valence-corrected chi connectivity index (χ4v) is 5.02. The molecule has 3 atom stereocenters. The topological polar surface area (TPSA) is 74.6 Å². The summed E-state index contributed by atoms with van der Waals surface area (Å²) in [4.78, 5) is 21.7. The Balaban J connectivity index is 1.81. The average Bonchev–Trinajstić information content (AvgIpc) is 3.27. The molecule has 184 valence electrons. The number of hydrogen-bond acceptors (Lipinski definition) is 6. The summed E-state index contributed by atoms with van der Waals surface area (Å²) in [7, 11) is -1.19. The van der Waals surface area contributed by atoms with E-state index in [1.807, 2.05) is 32.9 Å². The Bertz CT molecular complexity index is 851. The number of ether oxygens (including phenoxy) is 2. The number of likely N-dealkylation sites (tertiary alicyclic amines) is 1. The van der Waals surface area contributed by atoms with Crippen LogP contribution < -0.4 is 0 Å². The number of β-amino-alcohol motifs (C(OH)–C–C–N with tert-alkyl or cyclic N) is 1. The van der Waals surface area contributed by atoms with E-state index in [0.29, 0.717) is 26.3 Å². The molecule has 2 heterocycles. The molecule has 0 aromatic heterocycles. The van der Waals surface area contributed by atoms with Gasteiger partial charge in [-0.15, -0.1) is 0 Å². The first kappa shape index (κ1) is 26.2. The van der Waals surface area contributed by atoms with Crippen LogP contribution in [0.4, 0.5) is 4.79 Å². The number of hydrogen-bond donors (Lipinski definition) is 1. The van der Waals surface area contributed by atoms with Gasteiger partial charge >= 0.3 is 6.09 Å². The molecule has 0 bridgehead atoms. The van der Waals surface area contributed by atoms with Gasteiger partial charge in [-0.05, 0) is 44.5 Å². The highest BCUT2D eigenvalue weighted by molar-refractivity contribution is 9.10. The zero-order chi connectivity index (χ0) is 24.4.